The smallest absolute Gasteiger partial charge is 0.191 e. The average molecular weight is 520 g/mol. The lowest BCUT2D eigenvalue weighted by atomic mass is 10.0. The Hall–Kier alpha value is -0.870. The van der Waals surface area contributed by atoms with Crippen LogP contribution in [-0.2, 0) is 9.84 Å². The van der Waals surface area contributed by atoms with Crippen LogP contribution in [-0.4, -0.2) is 63.0 Å². The number of aryl methyl sites for hydroxylation is 1. The molecule has 2 atom stereocenters. The first-order chi connectivity index (χ1) is 13.0. The topological polar surface area (TPSA) is 73.8 Å². The van der Waals surface area contributed by atoms with E-state index >= 15 is 0 Å². The number of sulfone groups is 1. The summed E-state index contributed by atoms with van der Waals surface area (Å²) in [7, 11) is -2.90. The molecule has 0 aliphatic carbocycles. The van der Waals surface area contributed by atoms with Crippen LogP contribution in [0, 0.1) is 6.92 Å². The predicted octanol–water partition coefficient (Wildman–Crippen LogP) is 2.49. The summed E-state index contributed by atoms with van der Waals surface area (Å²) in [4.78, 5) is 7.34. The van der Waals surface area contributed by atoms with Crippen LogP contribution in [0.1, 0.15) is 43.4 Å². The van der Waals surface area contributed by atoms with Gasteiger partial charge in [0, 0.05) is 12.6 Å². The molecule has 2 aliphatic rings. The van der Waals surface area contributed by atoms with Gasteiger partial charge in [-0.05, 0) is 51.8 Å². The second-order valence-corrected chi connectivity index (χ2v) is 9.86. The van der Waals surface area contributed by atoms with Crippen molar-refractivity contribution < 1.29 is 8.42 Å². The molecule has 8 heteroatoms. The van der Waals surface area contributed by atoms with Crippen LogP contribution in [0.5, 0.6) is 0 Å². The molecule has 6 nitrogen and oxygen atoms in total. The molecule has 28 heavy (non-hydrogen) atoms. The normalized spacial score (nSPS) is 23.2. The highest BCUT2D eigenvalue weighted by atomic mass is 127. The van der Waals surface area contributed by atoms with Crippen molar-refractivity contribution in [3.8, 4) is 0 Å². The minimum atomic E-state index is -2.90. The summed E-state index contributed by atoms with van der Waals surface area (Å²) in [6.45, 7) is 7.77. The summed E-state index contributed by atoms with van der Waals surface area (Å²) in [5.41, 5.74) is 2.56. The fourth-order valence-corrected chi connectivity index (χ4v) is 5.55. The standard InChI is InChI=1S/C20H32N4O2S.HI/c1-3-21-20(23-18-10-13-27(25,26)15-18)22-14-19(24-11-4-5-12-24)17-8-6-16(2)7-9-17;/h6-9,18-19H,3-5,10-15H2,1-2H3,(H2,21,22,23);1H. The number of nitrogens with one attached hydrogen (secondary N) is 2. The molecular formula is C20H33IN4O2S. The monoisotopic (exact) mass is 520 g/mol. The van der Waals surface area contributed by atoms with Gasteiger partial charge in [0.15, 0.2) is 15.8 Å². The molecule has 2 fully saturated rings. The second kappa shape index (κ2) is 10.8. The summed E-state index contributed by atoms with van der Waals surface area (Å²) in [6.07, 6.45) is 3.13. The Balaban J connectivity index is 0.00000280. The number of hydrogen-bond acceptors (Lipinski definition) is 4. The number of halogens is 1. The highest BCUT2D eigenvalue weighted by Gasteiger charge is 2.29. The molecule has 2 heterocycles. The van der Waals surface area contributed by atoms with E-state index in [-0.39, 0.29) is 47.6 Å². The van der Waals surface area contributed by atoms with Crippen LogP contribution in [0.25, 0.3) is 0 Å². The number of hydrogen-bond donors (Lipinski definition) is 2. The number of nitrogens with zero attached hydrogens (tertiary/aromatic N) is 2. The van der Waals surface area contributed by atoms with E-state index < -0.39 is 9.84 Å². The minimum absolute atomic E-state index is 0. The van der Waals surface area contributed by atoms with Crippen LogP contribution < -0.4 is 10.6 Å². The number of guanidine groups is 1. The molecule has 2 saturated heterocycles. The molecule has 3 rings (SSSR count). The lowest BCUT2D eigenvalue weighted by molar-refractivity contribution is 0.251. The number of likely N-dealkylation sites (tertiary alicyclic amines) is 1. The van der Waals surface area contributed by atoms with E-state index in [1.54, 1.807) is 0 Å². The molecule has 1 aromatic rings. The van der Waals surface area contributed by atoms with Gasteiger partial charge in [-0.3, -0.25) is 9.89 Å². The summed E-state index contributed by atoms with van der Waals surface area (Å²) in [5.74, 6) is 1.19. The zero-order valence-electron chi connectivity index (χ0n) is 16.9. The molecule has 0 aromatic heterocycles. The van der Waals surface area contributed by atoms with E-state index in [0.29, 0.717) is 13.0 Å². The molecule has 0 radical (unpaired) electrons. The van der Waals surface area contributed by atoms with Crippen LogP contribution >= 0.6 is 24.0 Å². The summed E-state index contributed by atoms with van der Waals surface area (Å²) >= 11 is 0. The van der Waals surface area contributed by atoms with Gasteiger partial charge in [0.25, 0.3) is 0 Å². The van der Waals surface area contributed by atoms with Gasteiger partial charge in [0.2, 0.25) is 0 Å². The van der Waals surface area contributed by atoms with Crippen molar-refractivity contribution in [2.75, 3.05) is 37.7 Å². The zero-order valence-corrected chi connectivity index (χ0v) is 20.0. The largest absolute Gasteiger partial charge is 0.357 e. The Morgan fingerprint density at radius 2 is 1.93 bits per heavy atom. The lowest BCUT2D eigenvalue weighted by Gasteiger charge is -2.27. The quantitative estimate of drug-likeness (QED) is 0.343. The fourth-order valence-electron chi connectivity index (χ4n) is 3.87. The maximum Gasteiger partial charge on any atom is 0.191 e. The Morgan fingerprint density at radius 3 is 2.50 bits per heavy atom. The summed E-state index contributed by atoms with van der Waals surface area (Å²) in [5, 5.41) is 6.59. The van der Waals surface area contributed by atoms with Crippen molar-refractivity contribution >= 4 is 39.8 Å². The highest BCUT2D eigenvalue weighted by molar-refractivity contribution is 14.0. The van der Waals surface area contributed by atoms with Crippen molar-refractivity contribution in [2.24, 2.45) is 4.99 Å². The SMILES string of the molecule is CCNC(=NCC(c1ccc(C)cc1)N1CCCC1)NC1CCS(=O)(=O)C1.I. The van der Waals surface area contributed by atoms with Gasteiger partial charge < -0.3 is 10.6 Å². The van der Waals surface area contributed by atoms with Crippen molar-refractivity contribution in [2.45, 2.75) is 45.2 Å². The van der Waals surface area contributed by atoms with E-state index in [4.69, 9.17) is 4.99 Å². The van der Waals surface area contributed by atoms with Gasteiger partial charge in [-0.15, -0.1) is 24.0 Å². The van der Waals surface area contributed by atoms with Crippen LogP contribution in [0.2, 0.25) is 0 Å². The first kappa shape index (κ1) is 23.4. The van der Waals surface area contributed by atoms with Crippen molar-refractivity contribution in [1.29, 1.82) is 0 Å². The number of rotatable bonds is 6. The van der Waals surface area contributed by atoms with Gasteiger partial charge in [-0.1, -0.05) is 29.8 Å². The fraction of sp³-hybridized carbons (Fsp3) is 0.650. The van der Waals surface area contributed by atoms with Crippen molar-refractivity contribution in [3.63, 3.8) is 0 Å². The van der Waals surface area contributed by atoms with Crippen molar-refractivity contribution in [3.05, 3.63) is 35.4 Å². The van der Waals surface area contributed by atoms with Gasteiger partial charge >= 0.3 is 0 Å². The predicted molar refractivity (Wildman–Crippen MR) is 126 cm³/mol. The molecule has 2 aliphatic heterocycles. The highest BCUT2D eigenvalue weighted by Crippen LogP contribution is 2.25. The molecular weight excluding hydrogens is 487 g/mol. The zero-order chi connectivity index (χ0) is 19.3. The molecule has 2 N–H and O–H groups in total. The summed E-state index contributed by atoms with van der Waals surface area (Å²) < 4.78 is 23.5. The Labute approximate surface area is 186 Å². The molecule has 0 saturated carbocycles. The Kier molecular flexibility index (Phi) is 9.01. The Morgan fingerprint density at radius 1 is 1.25 bits per heavy atom. The Bertz CT molecular complexity index is 746. The molecule has 2 unspecified atom stereocenters. The van der Waals surface area contributed by atoms with Gasteiger partial charge in [0.1, 0.15) is 0 Å². The second-order valence-electron chi connectivity index (χ2n) is 7.63. The van der Waals surface area contributed by atoms with Crippen LogP contribution in [0.15, 0.2) is 29.3 Å². The number of aliphatic imine (C=N–C) groups is 1. The first-order valence-corrected chi connectivity index (χ1v) is 11.8. The van der Waals surface area contributed by atoms with Crippen molar-refractivity contribution in [1.82, 2.24) is 15.5 Å². The van der Waals surface area contributed by atoms with Crippen LogP contribution in [0.3, 0.4) is 0 Å². The van der Waals surface area contributed by atoms with Gasteiger partial charge in [-0.2, -0.15) is 0 Å². The minimum Gasteiger partial charge on any atom is -0.357 e. The van der Waals surface area contributed by atoms with Crippen LogP contribution in [0.4, 0.5) is 0 Å². The summed E-state index contributed by atoms with van der Waals surface area (Å²) in [6, 6.07) is 8.95. The van der Waals surface area contributed by atoms with Gasteiger partial charge in [-0.25, -0.2) is 8.42 Å². The van der Waals surface area contributed by atoms with Gasteiger partial charge in [0.05, 0.1) is 24.1 Å². The molecule has 1 aromatic carbocycles. The lowest BCUT2D eigenvalue weighted by Crippen LogP contribution is -2.44. The maximum atomic E-state index is 11.7. The average Bonchev–Trinajstić information content (AvgIpc) is 3.26. The van der Waals surface area contributed by atoms with E-state index in [0.717, 1.165) is 25.6 Å². The van der Waals surface area contributed by atoms with E-state index in [1.165, 1.54) is 24.0 Å². The van der Waals surface area contributed by atoms with E-state index in [2.05, 4.69) is 46.7 Å². The molecule has 0 bridgehead atoms. The molecule has 158 valence electrons. The third-order valence-corrected chi connectivity index (χ3v) is 7.15. The third kappa shape index (κ3) is 6.59. The van der Waals surface area contributed by atoms with E-state index in [9.17, 15) is 8.42 Å². The first-order valence-electron chi connectivity index (χ1n) is 10.0. The molecule has 0 spiro atoms. The number of benzene rings is 1. The third-order valence-electron chi connectivity index (χ3n) is 5.38. The van der Waals surface area contributed by atoms with E-state index in [1.807, 2.05) is 6.92 Å². The maximum absolute atomic E-state index is 11.7. The molecule has 0 amide bonds.